The van der Waals surface area contributed by atoms with E-state index in [1.54, 1.807) is 12.0 Å². The van der Waals surface area contributed by atoms with Crippen LogP contribution in [0.15, 0.2) is 24.3 Å². The summed E-state index contributed by atoms with van der Waals surface area (Å²) in [5, 5.41) is 0. The minimum absolute atomic E-state index is 0.0315. The molecule has 0 N–H and O–H groups in total. The molecular formula is C16H22N2O5S. The van der Waals surface area contributed by atoms with E-state index in [-0.39, 0.29) is 37.0 Å². The molecule has 1 aromatic rings. The van der Waals surface area contributed by atoms with Crippen molar-refractivity contribution in [1.82, 2.24) is 9.21 Å². The van der Waals surface area contributed by atoms with Crippen LogP contribution in [0.4, 0.5) is 0 Å². The number of ether oxygens (including phenoxy) is 2. The number of benzene rings is 1. The fourth-order valence-corrected chi connectivity index (χ4v) is 4.71. The molecule has 24 heavy (non-hydrogen) atoms. The van der Waals surface area contributed by atoms with E-state index in [4.69, 9.17) is 9.47 Å². The number of methoxy groups -OCH3 is 1. The predicted molar refractivity (Wildman–Crippen MR) is 88.1 cm³/mol. The molecule has 2 heterocycles. The molecule has 7 nitrogen and oxygen atoms in total. The molecule has 0 saturated carbocycles. The van der Waals surface area contributed by atoms with E-state index in [9.17, 15) is 13.2 Å². The summed E-state index contributed by atoms with van der Waals surface area (Å²) in [6, 6.07) is 6.98. The number of nitrogens with zero attached hydrogens (tertiary/aromatic N) is 2. The quantitative estimate of drug-likeness (QED) is 0.788. The first-order valence-electron chi connectivity index (χ1n) is 7.90. The number of hydrogen-bond donors (Lipinski definition) is 0. The van der Waals surface area contributed by atoms with Gasteiger partial charge in [0.2, 0.25) is 15.9 Å². The van der Waals surface area contributed by atoms with Crippen molar-refractivity contribution in [2.45, 2.75) is 25.6 Å². The molecule has 1 amide bonds. The Morgan fingerprint density at radius 1 is 1.29 bits per heavy atom. The van der Waals surface area contributed by atoms with Gasteiger partial charge in [-0.05, 0) is 17.7 Å². The van der Waals surface area contributed by atoms with Gasteiger partial charge in [0.25, 0.3) is 0 Å². The van der Waals surface area contributed by atoms with Crippen molar-refractivity contribution in [3.63, 3.8) is 0 Å². The van der Waals surface area contributed by atoms with Crippen LogP contribution >= 0.6 is 0 Å². The Bertz CT molecular complexity index is 704. The number of rotatable bonds is 3. The van der Waals surface area contributed by atoms with Crippen LogP contribution in [0.5, 0.6) is 5.75 Å². The normalized spacial score (nSPS) is 26.7. The molecule has 0 bridgehead atoms. The number of carbonyl (C=O) groups is 1. The predicted octanol–water partition coefficient (Wildman–Crippen LogP) is 0.457. The highest BCUT2D eigenvalue weighted by Crippen LogP contribution is 2.27. The molecule has 0 unspecified atom stereocenters. The number of fused-ring (bicyclic) bond motifs is 1. The lowest BCUT2D eigenvalue weighted by atomic mass is 10.1. The van der Waals surface area contributed by atoms with Gasteiger partial charge in [0, 0.05) is 26.6 Å². The van der Waals surface area contributed by atoms with Gasteiger partial charge < -0.3 is 14.4 Å². The second kappa shape index (κ2) is 6.70. The molecule has 2 atom stereocenters. The molecule has 2 fully saturated rings. The summed E-state index contributed by atoms with van der Waals surface area (Å²) in [5.41, 5.74) is 0.876. The summed E-state index contributed by atoms with van der Waals surface area (Å²) >= 11 is 0. The summed E-state index contributed by atoms with van der Waals surface area (Å²) in [4.78, 5) is 13.3. The Kier molecular flexibility index (Phi) is 4.80. The summed E-state index contributed by atoms with van der Waals surface area (Å²) in [5.74, 6) is 0.631. The highest BCUT2D eigenvalue weighted by atomic mass is 32.2. The van der Waals surface area contributed by atoms with Crippen LogP contribution in [0.2, 0.25) is 0 Å². The lowest BCUT2D eigenvalue weighted by Gasteiger charge is -2.28. The summed E-state index contributed by atoms with van der Waals surface area (Å²) < 4.78 is 37.7. The van der Waals surface area contributed by atoms with Gasteiger partial charge >= 0.3 is 0 Å². The van der Waals surface area contributed by atoms with Crippen LogP contribution in [0.3, 0.4) is 0 Å². The topological polar surface area (TPSA) is 76.2 Å². The largest absolute Gasteiger partial charge is 0.497 e. The maximum Gasteiger partial charge on any atom is 0.219 e. The van der Waals surface area contributed by atoms with Crippen LogP contribution in [-0.2, 0) is 26.1 Å². The first kappa shape index (κ1) is 17.2. The minimum atomic E-state index is -3.44. The smallest absolute Gasteiger partial charge is 0.219 e. The van der Waals surface area contributed by atoms with Crippen molar-refractivity contribution in [3.8, 4) is 5.75 Å². The van der Waals surface area contributed by atoms with Crippen molar-refractivity contribution in [1.29, 1.82) is 0 Å². The zero-order valence-electron chi connectivity index (χ0n) is 13.8. The maximum atomic E-state index is 12.7. The molecule has 3 rings (SSSR count). The highest BCUT2D eigenvalue weighted by molar-refractivity contribution is 7.89. The number of sulfonamides is 1. The average Bonchev–Trinajstić information content (AvgIpc) is 2.92. The molecule has 8 heteroatoms. The minimum Gasteiger partial charge on any atom is -0.497 e. The molecule has 2 aliphatic rings. The van der Waals surface area contributed by atoms with Gasteiger partial charge in [-0.15, -0.1) is 0 Å². The van der Waals surface area contributed by atoms with Crippen molar-refractivity contribution in [3.05, 3.63) is 29.8 Å². The molecule has 2 saturated heterocycles. The SMILES string of the molecule is COc1ccc(CN2[C@@H]3CN(C(C)=O)C[C@@H]3OCCS2(=O)=O)cc1. The third-order valence-corrected chi connectivity index (χ3v) is 6.38. The fraction of sp³-hybridized carbons (Fsp3) is 0.562. The fourth-order valence-electron chi connectivity index (χ4n) is 3.21. The Morgan fingerprint density at radius 3 is 2.62 bits per heavy atom. The van der Waals surface area contributed by atoms with Crippen molar-refractivity contribution >= 4 is 15.9 Å². The van der Waals surface area contributed by atoms with E-state index in [0.29, 0.717) is 13.1 Å². The van der Waals surface area contributed by atoms with Gasteiger partial charge in [-0.3, -0.25) is 4.79 Å². The van der Waals surface area contributed by atoms with E-state index >= 15 is 0 Å². The molecule has 0 aliphatic carbocycles. The van der Waals surface area contributed by atoms with E-state index in [0.717, 1.165) is 11.3 Å². The van der Waals surface area contributed by atoms with Crippen molar-refractivity contribution < 1.29 is 22.7 Å². The summed E-state index contributed by atoms with van der Waals surface area (Å²) in [6.45, 7) is 2.73. The van der Waals surface area contributed by atoms with Crippen LogP contribution in [0.25, 0.3) is 0 Å². The van der Waals surface area contributed by atoms with Crippen molar-refractivity contribution in [2.75, 3.05) is 32.6 Å². The van der Waals surface area contributed by atoms with Gasteiger partial charge in [-0.1, -0.05) is 12.1 Å². The second-order valence-electron chi connectivity index (χ2n) is 6.11. The zero-order chi connectivity index (χ0) is 17.3. The lowest BCUT2D eigenvalue weighted by Crippen LogP contribution is -2.45. The van der Waals surface area contributed by atoms with E-state index in [1.807, 2.05) is 24.3 Å². The van der Waals surface area contributed by atoms with Gasteiger partial charge in [0.05, 0.1) is 31.6 Å². The third kappa shape index (κ3) is 3.40. The second-order valence-corrected chi connectivity index (χ2v) is 8.15. The summed E-state index contributed by atoms with van der Waals surface area (Å²) in [7, 11) is -1.85. The molecule has 2 aliphatic heterocycles. The van der Waals surface area contributed by atoms with Gasteiger partial charge in [0.1, 0.15) is 5.75 Å². The first-order chi connectivity index (χ1) is 11.4. The van der Waals surface area contributed by atoms with Crippen LogP contribution in [0, 0.1) is 0 Å². The summed E-state index contributed by atoms with van der Waals surface area (Å²) in [6.07, 6.45) is -0.274. The number of amides is 1. The zero-order valence-corrected chi connectivity index (χ0v) is 14.7. The standard InChI is InChI=1S/C16H22N2O5S/c1-12(19)17-10-15-16(11-17)23-7-8-24(20,21)18(15)9-13-3-5-14(22-2)6-4-13/h3-6,15-16H,7-11H2,1-2H3/t15-,16+/m1/s1. The van der Waals surface area contributed by atoms with Crippen LogP contribution < -0.4 is 4.74 Å². The van der Waals surface area contributed by atoms with Crippen LogP contribution in [-0.4, -0.2) is 68.2 Å². The Morgan fingerprint density at radius 2 is 2.00 bits per heavy atom. The number of likely N-dealkylation sites (tertiary alicyclic amines) is 1. The lowest BCUT2D eigenvalue weighted by molar-refractivity contribution is -0.128. The van der Waals surface area contributed by atoms with Gasteiger partial charge in [-0.25, -0.2) is 8.42 Å². The van der Waals surface area contributed by atoms with Gasteiger partial charge in [0.15, 0.2) is 0 Å². The van der Waals surface area contributed by atoms with Crippen molar-refractivity contribution in [2.24, 2.45) is 0 Å². The number of hydrogen-bond acceptors (Lipinski definition) is 5. The van der Waals surface area contributed by atoms with E-state index in [2.05, 4.69) is 0 Å². The maximum absolute atomic E-state index is 12.7. The molecular weight excluding hydrogens is 332 g/mol. The molecule has 132 valence electrons. The number of carbonyl (C=O) groups excluding carboxylic acids is 1. The average molecular weight is 354 g/mol. The van der Waals surface area contributed by atoms with E-state index in [1.165, 1.54) is 11.2 Å². The van der Waals surface area contributed by atoms with Gasteiger partial charge in [-0.2, -0.15) is 4.31 Å². The monoisotopic (exact) mass is 354 g/mol. The third-order valence-electron chi connectivity index (χ3n) is 4.58. The first-order valence-corrected chi connectivity index (χ1v) is 9.51. The highest BCUT2D eigenvalue weighted by Gasteiger charge is 2.45. The van der Waals surface area contributed by atoms with E-state index < -0.39 is 10.0 Å². The molecule has 0 radical (unpaired) electrons. The Labute approximate surface area is 142 Å². The Balaban J connectivity index is 1.86. The molecule has 1 aromatic carbocycles. The Hall–Kier alpha value is -1.64. The molecule has 0 spiro atoms. The molecule has 0 aromatic heterocycles. The van der Waals surface area contributed by atoms with Crippen LogP contribution in [0.1, 0.15) is 12.5 Å².